The fourth-order valence-corrected chi connectivity index (χ4v) is 1.90. The molecule has 0 radical (unpaired) electrons. The number of hydrogen-bond acceptors (Lipinski definition) is 2. The Hall–Kier alpha value is -0.280. The average molecular weight is 290 g/mol. The zero-order valence-corrected chi connectivity index (χ0v) is 12.6. The largest absolute Gasteiger partial charge is 0.396 e. The smallest absolute Gasteiger partial charge is 0.0595 e. The van der Waals surface area contributed by atoms with Gasteiger partial charge in [0.25, 0.3) is 0 Å². The van der Waals surface area contributed by atoms with Crippen molar-refractivity contribution in [2.75, 3.05) is 13.2 Å². The molecule has 0 aromatic heterocycles. The summed E-state index contributed by atoms with van der Waals surface area (Å²) in [5.41, 5.74) is 1.02. The van der Waals surface area contributed by atoms with Gasteiger partial charge in [0.05, 0.1) is 10.0 Å². The molecule has 102 valence electrons. The molecular weight excluding hydrogens is 269 g/mol. The predicted molar refractivity (Wildman–Crippen MR) is 78.4 cm³/mol. The second kappa shape index (κ2) is 6.76. The van der Waals surface area contributed by atoms with E-state index >= 15 is 0 Å². The van der Waals surface area contributed by atoms with Crippen LogP contribution in [0, 0.1) is 5.41 Å². The van der Waals surface area contributed by atoms with Gasteiger partial charge in [0.2, 0.25) is 0 Å². The lowest BCUT2D eigenvalue weighted by molar-refractivity contribution is 0.132. The summed E-state index contributed by atoms with van der Waals surface area (Å²) in [5, 5.41) is 13.9. The van der Waals surface area contributed by atoms with Crippen molar-refractivity contribution >= 4 is 23.2 Å². The Morgan fingerprint density at radius 2 is 2.00 bits per heavy atom. The van der Waals surface area contributed by atoms with Crippen molar-refractivity contribution in [1.29, 1.82) is 0 Å². The Morgan fingerprint density at radius 3 is 2.50 bits per heavy atom. The number of benzene rings is 1. The van der Waals surface area contributed by atoms with Crippen molar-refractivity contribution < 1.29 is 5.11 Å². The van der Waals surface area contributed by atoms with Gasteiger partial charge >= 0.3 is 0 Å². The second-order valence-corrected chi connectivity index (χ2v) is 5.91. The molecule has 0 spiro atoms. The molecule has 2 atom stereocenters. The van der Waals surface area contributed by atoms with E-state index in [-0.39, 0.29) is 18.1 Å². The molecule has 0 aliphatic rings. The van der Waals surface area contributed by atoms with Crippen LogP contribution in [-0.2, 0) is 0 Å². The van der Waals surface area contributed by atoms with E-state index in [1.165, 1.54) is 0 Å². The van der Waals surface area contributed by atoms with E-state index in [4.69, 9.17) is 23.2 Å². The highest BCUT2D eigenvalue weighted by atomic mass is 35.5. The number of halogens is 2. The first-order valence-corrected chi connectivity index (χ1v) is 6.96. The minimum Gasteiger partial charge on any atom is -0.396 e. The standard InChI is InChI=1S/C14H21Cl2NO/c1-4-14(3,9-18)8-17-10(2)11-5-6-12(15)13(16)7-11/h5-7,10,17-18H,4,8-9H2,1-3H3. The van der Waals surface area contributed by atoms with E-state index in [9.17, 15) is 5.11 Å². The summed E-state index contributed by atoms with van der Waals surface area (Å²) in [4.78, 5) is 0. The van der Waals surface area contributed by atoms with Crippen molar-refractivity contribution in [3.63, 3.8) is 0 Å². The summed E-state index contributed by atoms with van der Waals surface area (Å²) in [7, 11) is 0. The highest BCUT2D eigenvalue weighted by Crippen LogP contribution is 2.26. The predicted octanol–water partition coefficient (Wildman–Crippen LogP) is 4.05. The minimum atomic E-state index is -0.0789. The van der Waals surface area contributed by atoms with Crippen molar-refractivity contribution in [2.24, 2.45) is 5.41 Å². The molecule has 2 nitrogen and oxygen atoms in total. The summed E-state index contributed by atoms with van der Waals surface area (Å²) in [6.45, 7) is 7.18. The van der Waals surface area contributed by atoms with E-state index in [1.54, 1.807) is 0 Å². The molecule has 2 unspecified atom stereocenters. The molecule has 4 heteroatoms. The van der Waals surface area contributed by atoms with Crippen LogP contribution in [0.3, 0.4) is 0 Å². The molecule has 2 N–H and O–H groups in total. The van der Waals surface area contributed by atoms with E-state index in [1.807, 2.05) is 18.2 Å². The van der Waals surface area contributed by atoms with Gasteiger partial charge in [-0.1, -0.05) is 43.1 Å². The van der Waals surface area contributed by atoms with E-state index in [2.05, 4.69) is 26.1 Å². The first-order chi connectivity index (χ1) is 8.41. The first-order valence-electron chi connectivity index (χ1n) is 6.21. The summed E-state index contributed by atoms with van der Waals surface area (Å²) in [6, 6.07) is 5.83. The molecule has 1 rings (SSSR count). The Kier molecular flexibility index (Phi) is 5.93. The zero-order valence-electron chi connectivity index (χ0n) is 11.1. The Morgan fingerprint density at radius 1 is 1.33 bits per heavy atom. The van der Waals surface area contributed by atoms with Crippen LogP contribution >= 0.6 is 23.2 Å². The van der Waals surface area contributed by atoms with Gasteiger partial charge in [-0.05, 0) is 31.0 Å². The summed E-state index contributed by atoms with van der Waals surface area (Å²) < 4.78 is 0. The van der Waals surface area contributed by atoms with Gasteiger partial charge in [-0.15, -0.1) is 0 Å². The van der Waals surface area contributed by atoms with Crippen LogP contribution in [0.1, 0.15) is 38.8 Å². The van der Waals surface area contributed by atoms with E-state index in [0.717, 1.165) is 18.5 Å². The number of aliphatic hydroxyl groups is 1. The molecular formula is C14H21Cl2NO. The van der Waals surface area contributed by atoms with Crippen LogP contribution in [0.5, 0.6) is 0 Å². The van der Waals surface area contributed by atoms with Crippen LogP contribution < -0.4 is 5.32 Å². The Labute approximate surface area is 119 Å². The molecule has 0 saturated carbocycles. The van der Waals surface area contributed by atoms with Crippen LogP contribution in [-0.4, -0.2) is 18.3 Å². The van der Waals surface area contributed by atoms with Gasteiger partial charge in [0.15, 0.2) is 0 Å². The number of aliphatic hydroxyl groups excluding tert-OH is 1. The van der Waals surface area contributed by atoms with Gasteiger partial charge in [-0.3, -0.25) is 0 Å². The summed E-state index contributed by atoms with van der Waals surface area (Å²) >= 11 is 11.9. The van der Waals surface area contributed by atoms with Gasteiger partial charge < -0.3 is 10.4 Å². The SMILES string of the molecule is CCC(C)(CO)CNC(C)c1ccc(Cl)c(Cl)c1. The molecule has 0 fully saturated rings. The van der Waals surface area contributed by atoms with Crippen LogP contribution in [0.4, 0.5) is 0 Å². The third-order valence-corrected chi connectivity index (χ3v) is 4.25. The van der Waals surface area contributed by atoms with Gasteiger partial charge in [-0.2, -0.15) is 0 Å². The van der Waals surface area contributed by atoms with E-state index < -0.39 is 0 Å². The van der Waals surface area contributed by atoms with Crippen LogP contribution in [0.15, 0.2) is 18.2 Å². The molecule has 1 aromatic carbocycles. The van der Waals surface area contributed by atoms with Crippen molar-refractivity contribution in [2.45, 2.75) is 33.2 Å². The van der Waals surface area contributed by atoms with Gasteiger partial charge in [0, 0.05) is 24.6 Å². The van der Waals surface area contributed by atoms with Gasteiger partial charge in [0.1, 0.15) is 0 Å². The molecule has 0 bridgehead atoms. The fourth-order valence-electron chi connectivity index (χ4n) is 1.59. The Balaban J connectivity index is 2.65. The highest BCUT2D eigenvalue weighted by Gasteiger charge is 2.21. The lowest BCUT2D eigenvalue weighted by Gasteiger charge is -2.28. The zero-order chi connectivity index (χ0) is 13.8. The molecule has 1 aromatic rings. The molecule has 0 saturated heterocycles. The van der Waals surface area contributed by atoms with Crippen molar-refractivity contribution in [1.82, 2.24) is 5.32 Å². The van der Waals surface area contributed by atoms with Gasteiger partial charge in [-0.25, -0.2) is 0 Å². The van der Waals surface area contributed by atoms with Crippen LogP contribution in [0.2, 0.25) is 10.0 Å². The topological polar surface area (TPSA) is 32.3 Å². The molecule has 0 amide bonds. The minimum absolute atomic E-state index is 0.0789. The van der Waals surface area contributed by atoms with Crippen molar-refractivity contribution in [3.8, 4) is 0 Å². The maximum Gasteiger partial charge on any atom is 0.0595 e. The Bertz CT molecular complexity index is 391. The average Bonchev–Trinajstić information content (AvgIpc) is 2.38. The highest BCUT2D eigenvalue weighted by molar-refractivity contribution is 6.42. The molecule has 18 heavy (non-hydrogen) atoms. The van der Waals surface area contributed by atoms with Crippen molar-refractivity contribution in [3.05, 3.63) is 33.8 Å². The summed E-state index contributed by atoms with van der Waals surface area (Å²) in [6.07, 6.45) is 0.935. The lowest BCUT2D eigenvalue weighted by Crippen LogP contribution is -2.35. The molecule has 0 aliphatic heterocycles. The van der Waals surface area contributed by atoms with E-state index in [0.29, 0.717) is 10.0 Å². The third kappa shape index (κ3) is 4.13. The maximum atomic E-state index is 9.37. The molecule has 0 aliphatic carbocycles. The molecule has 0 heterocycles. The number of hydrogen-bond donors (Lipinski definition) is 2. The second-order valence-electron chi connectivity index (χ2n) is 5.10. The third-order valence-electron chi connectivity index (χ3n) is 3.51. The normalized spacial score (nSPS) is 16.3. The number of nitrogens with one attached hydrogen (secondary N) is 1. The van der Waals surface area contributed by atoms with Crippen LogP contribution in [0.25, 0.3) is 0 Å². The fraction of sp³-hybridized carbons (Fsp3) is 0.571. The quantitative estimate of drug-likeness (QED) is 0.828. The summed E-state index contributed by atoms with van der Waals surface area (Å²) in [5.74, 6) is 0. The monoisotopic (exact) mass is 289 g/mol. The first kappa shape index (κ1) is 15.8. The lowest BCUT2D eigenvalue weighted by atomic mass is 9.88. The number of rotatable bonds is 6. The maximum absolute atomic E-state index is 9.37.